The number of benzene rings is 2. The van der Waals surface area contributed by atoms with Crippen LogP contribution in [0.2, 0.25) is 0 Å². The van der Waals surface area contributed by atoms with E-state index in [1.54, 1.807) is 31.2 Å². The van der Waals surface area contributed by atoms with Gasteiger partial charge in [-0.15, -0.1) is 0 Å². The zero-order valence-electron chi connectivity index (χ0n) is 14.6. The molecule has 2 N–H and O–H groups in total. The highest BCUT2D eigenvalue weighted by Gasteiger charge is 2.12. The lowest BCUT2D eigenvalue weighted by molar-refractivity contribution is 0.0950. The lowest BCUT2D eigenvalue weighted by Gasteiger charge is -2.16. The molecule has 132 valence electrons. The Balaban J connectivity index is 1.97. The van der Waals surface area contributed by atoms with Gasteiger partial charge in [0.2, 0.25) is 0 Å². The van der Waals surface area contributed by atoms with Crippen LogP contribution in [0.4, 0.5) is 10.5 Å². The maximum atomic E-state index is 12.4. The monoisotopic (exact) mass is 340 g/mol. The highest BCUT2D eigenvalue weighted by molar-refractivity contribution is 5.96. The van der Waals surface area contributed by atoms with Crippen molar-refractivity contribution >= 4 is 17.7 Å². The van der Waals surface area contributed by atoms with Crippen molar-refractivity contribution < 1.29 is 14.3 Å². The molecule has 0 heterocycles. The third-order valence-electron chi connectivity index (χ3n) is 3.92. The number of nitrogens with one attached hydrogen (secondary N) is 2. The molecule has 2 aromatic carbocycles. The van der Waals surface area contributed by atoms with E-state index in [0.29, 0.717) is 24.4 Å². The smallest absolute Gasteiger partial charge is 0.411 e. The zero-order chi connectivity index (χ0) is 18.1. The van der Waals surface area contributed by atoms with Gasteiger partial charge in [-0.25, -0.2) is 4.79 Å². The quantitative estimate of drug-likeness (QED) is 0.794. The summed E-state index contributed by atoms with van der Waals surface area (Å²) < 4.78 is 4.84. The Bertz CT molecular complexity index is 701. The van der Waals surface area contributed by atoms with Gasteiger partial charge in [0.1, 0.15) is 0 Å². The molecule has 0 aliphatic rings. The summed E-state index contributed by atoms with van der Waals surface area (Å²) in [6.07, 6.45) is 0.407. The van der Waals surface area contributed by atoms with Crippen LogP contribution in [0.1, 0.15) is 42.1 Å². The van der Waals surface area contributed by atoms with E-state index in [4.69, 9.17) is 4.74 Å². The van der Waals surface area contributed by atoms with Crippen molar-refractivity contribution in [3.63, 3.8) is 0 Å². The van der Waals surface area contributed by atoms with E-state index in [1.807, 2.05) is 18.2 Å². The standard InChI is InChI=1S/C20H24N2O3/c1-3-15(16-9-6-5-7-10-16)14-21-19(23)17-11-8-12-18(13-17)22-20(24)25-4-2/h5-13,15H,3-4,14H2,1-2H3,(H,21,23)(H,22,24). The van der Waals surface area contributed by atoms with E-state index >= 15 is 0 Å². The van der Waals surface area contributed by atoms with Crippen molar-refractivity contribution in [2.24, 2.45) is 0 Å². The normalized spacial score (nSPS) is 11.4. The molecular formula is C20H24N2O3. The van der Waals surface area contributed by atoms with Gasteiger partial charge >= 0.3 is 6.09 Å². The molecule has 0 aromatic heterocycles. The van der Waals surface area contributed by atoms with Crippen molar-refractivity contribution in [2.75, 3.05) is 18.5 Å². The number of hydrogen-bond donors (Lipinski definition) is 2. The fourth-order valence-corrected chi connectivity index (χ4v) is 2.56. The Morgan fingerprint density at radius 2 is 1.80 bits per heavy atom. The Morgan fingerprint density at radius 3 is 2.48 bits per heavy atom. The molecular weight excluding hydrogens is 316 g/mol. The molecule has 25 heavy (non-hydrogen) atoms. The summed E-state index contributed by atoms with van der Waals surface area (Å²) in [4.78, 5) is 23.9. The van der Waals surface area contributed by atoms with E-state index in [0.717, 1.165) is 6.42 Å². The zero-order valence-corrected chi connectivity index (χ0v) is 14.6. The molecule has 2 amide bonds. The minimum absolute atomic E-state index is 0.165. The summed E-state index contributed by atoms with van der Waals surface area (Å²) in [6, 6.07) is 16.9. The van der Waals surface area contributed by atoms with Crippen LogP contribution in [0.25, 0.3) is 0 Å². The van der Waals surface area contributed by atoms with E-state index in [9.17, 15) is 9.59 Å². The predicted molar refractivity (Wildman–Crippen MR) is 98.9 cm³/mol. The molecule has 0 spiro atoms. The van der Waals surface area contributed by atoms with E-state index < -0.39 is 6.09 Å². The summed E-state index contributed by atoms with van der Waals surface area (Å²) in [6.45, 7) is 4.70. The number of rotatable bonds is 7. The topological polar surface area (TPSA) is 67.4 Å². The van der Waals surface area contributed by atoms with Gasteiger partial charge in [0.05, 0.1) is 6.61 Å². The van der Waals surface area contributed by atoms with Gasteiger partial charge in [-0.1, -0.05) is 43.3 Å². The summed E-state index contributed by atoms with van der Waals surface area (Å²) >= 11 is 0. The molecule has 5 nitrogen and oxygen atoms in total. The minimum Gasteiger partial charge on any atom is -0.450 e. The maximum absolute atomic E-state index is 12.4. The van der Waals surface area contributed by atoms with Crippen LogP contribution in [0.5, 0.6) is 0 Å². The fourth-order valence-electron chi connectivity index (χ4n) is 2.56. The molecule has 0 saturated carbocycles. The largest absolute Gasteiger partial charge is 0.450 e. The molecule has 0 aliphatic carbocycles. The van der Waals surface area contributed by atoms with Crippen LogP contribution in [0.3, 0.4) is 0 Å². The number of hydrogen-bond acceptors (Lipinski definition) is 3. The fraction of sp³-hybridized carbons (Fsp3) is 0.300. The Hall–Kier alpha value is -2.82. The van der Waals surface area contributed by atoms with E-state index in [2.05, 4.69) is 29.7 Å². The van der Waals surface area contributed by atoms with Gasteiger partial charge in [-0.3, -0.25) is 10.1 Å². The van der Waals surface area contributed by atoms with Crippen LogP contribution >= 0.6 is 0 Å². The summed E-state index contributed by atoms with van der Waals surface area (Å²) in [5.74, 6) is 0.105. The van der Waals surface area contributed by atoms with E-state index in [1.165, 1.54) is 5.56 Å². The van der Waals surface area contributed by atoms with E-state index in [-0.39, 0.29) is 11.8 Å². The molecule has 0 saturated heterocycles. The van der Waals surface area contributed by atoms with Crippen molar-refractivity contribution in [1.82, 2.24) is 5.32 Å². The van der Waals surface area contributed by atoms with Crippen molar-refractivity contribution in [1.29, 1.82) is 0 Å². The van der Waals surface area contributed by atoms with Crippen molar-refractivity contribution in [3.05, 3.63) is 65.7 Å². The Morgan fingerprint density at radius 1 is 1.04 bits per heavy atom. The van der Waals surface area contributed by atoms with Crippen LogP contribution in [-0.4, -0.2) is 25.2 Å². The lowest BCUT2D eigenvalue weighted by Crippen LogP contribution is -2.28. The van der Waals surface area contributed by atoms with Gasteiger partial charge in [0.15, 0.2) is 0 Å². The van der Waals surface area contributed by atoms with Crippen LogP contribution < -0.4 is 10.6 Å². The molecule has 0 aliphatic heterocycles. The van der Waals surface area contributed by atoms with Crippen LogP contribution in [-0.2, 0) is 4.74 Å². The lowest BCUT2D eigenvalue weighted by atomic mass is 9.96. The molecule has 1 unspecified atom stereocenters. The second-order valence-electron chi connectivity index (χ2n) is 5.65. The number of ether oxygens (including phenoxy) is 1. The third-order valence-corrected chi connectivity index (χ3v) is 3.92. The first-order chi connectivity index (χ1) is 12.1. The molecule has 5 heteroatoms. The van der Waals surface area contributed by atoms with Gasteiger partial charge in [-0.05, 0) is 37.1 Å². The van der Waals surface area contributed by atoms with Crippen LogP contribution in [0.15, 0.2) is 54.6 Å². The molecule has 2 aromatic rings. The first-order valence-corrected chi connectivity index (χ1v) is 8.51. The second-order valence-corrected chi connectivity index (χ2v) is 5.65. The molecule has 1 atom stereocenters. The Kier molecular flexibility index (Phi) is 7.01. The third kappa shape index (κ3) is 5.64. The average Bonchev–Trinajstić information content (AvgIpc) is 2.63. The number of anilines is 1. The number of amides is 2. The summed E-state index contributed by atoms with van der Waals surface area (Å²) in [5.41, 5.74) is 2.24. The molecule has 0 radical (unpaired) electrons. The summed E-state index contributed by atoms with van der Waals surface area (Å²) in [7, 11) is 0. The predicted octanol–water partition coefficient (Wildman–Crippen LogP) is 4.18. The van der Waals surface area contributed by atoms with Gasteiger partial charge in [0.25, 0.3) is 5.91 Å². The minimum atomic E-state index is -0.532. The van der Waals surface area contributed by atoms with Crippen molar-refractivity contribution in [2.45, 2.75) is 26.2 Å². The van der Waals surface area contributed by atoms with Gasteiger partial charge in [0, 0.05) is 23.7 Å². The average molecular weight is 340 g/mol. The second kappa shape index (κ2) is 9.47. The van der Waals surface area contributed by atoms with Gasteiger partial charge < -0.3 is 10.1 Å². The highest BCUT2D eigenvalue weighted by atomic mass is 16.5. The number of carbonyl (C=O) groups is 2. The first kappa shape index (κ1) is 18.5. The molecule has 0 bridgehead atoms. The Labute approximate surface area is 148 Å². The number of carbonyl (C=O) groups excluding carboxylic acids is 2. The summed E-state index contributed by atoms with van der Waals surface area (Å²) in [5, 5.41) is 5.57. The van der Waals surface area contributed by atoms with Gasteiger partial charge in [-0.2, -0.15) is 0 Å². The molecule has 0 fully saturated rings. The highest BCUT2D eigenvalue weighted by Crippen LogP contribution is 2.18. The molecule has 2 rings (SSSR count). The first-order valence-electron chi connectivity index (χ1n) is 8.51. The van der Waals surface area contributed by atoms with Crippen LogP contribution in [0, 0.1) is 0 Å². The maximum Gasteiger partial charge on any atom is 0.411 e. The van der Waals surface area contributed by atoms with Crippen molar-refractivity contribution in [3.8, 4) is 0 Å². The SMILES string of the molecule is CCOC(=O)Nc1cccc(C(=O)NCC(CC)c2ccccc2)c1.